The van der Waals surface area contributed by atoms with E-state index in [2.05, 4.69) is 43.5 Å². The second kappa shape index (κ2) is 8.49. The summed E-state index contributed by atoms with van der Waals surface area (Å²) in [7, 11) is 0. The molecule has 2 rings (SSSR count). The van der Waals surface area contributed by atoms with Gasteiger partial charge in [0.1, 0.15) is 0 Å². The molecule has 1 fully saturated rings. The zero-order valence-corrected chi connectivity index (χ0v) is 15.0. The van der Waals surface area contributed by atoms with E-state index in [1.807, 2.05) is 12.1 Å². The largest absolute Gasteiger partial charge is 0.326 e. The van der Waals surface area contributed by atoms with E-state index >= 15 is 0 Å². The maximum atomic E-state index is 12.1. The minimum absolute atomic E-state index is 0.0923. The monoisotopic (exact) mass is 316 g/mol. The molecule has 0 saturated heterocycles. The van der Waals surface area contributed by atoms with Crippen molar-refractivity contribution < 1.29 is 4.79 Å². The molecule has 1 aliphatic rings. The summed E-state index contributed by atoms with van der Waals surface area (Å²) in [5.41, 5.74) is 2.31. The number of amides is 1. The van der Waals surface area contributed by atoms with Crippen molar-refractivity contribution in [2.75, 3.05) is 11.9 Å². The summed E-state index contributed by atoms with van der Waals surface area (Å²) < 4.78 is 0. The molecule has 3 heteroatoms. The van der Waals surface area contributed by atoms with E-state index in [9.17, 15) is 4.79 Å². The predicted octanol–water partition coefficient (Wildman–Crippen LogP) is 4.63. The van der Waals surface area contributed by atoms with Crippen LogP contribution < -0.4 is 10.6 Å². The SMILES string of the molecule is CC(C)(C)c1ccc(NC(=O)CCNC2CCCCCC2)cc1. The fourth-order valence-electron chi connectivity index (χ4n) is 3.15. The Kier molecular flexibility index (Phi) is 6.64. The van der Waals surface area contributed by atoms with Crippen molar-refractivity contribution in [1.82, 2.24) is 5.32 Å². The molecule has 0 heterocycles. The second-order valence-electron chi connectivity index (χ2n) is 7.77. The third-order valence-electron chi connectivity index (χ3n) is 4.67. The maximum absolute atomic E-state index is 12.1. The Bertz CT molecular complexity index is 479. The van der Waals surface area contributed by atoms with Crippen molar-refractivity contribution in [2.45, 2.75) is 77.2 Å². The Morgan fingerprint density at radius 3 is 2.22 bits per heavy atom. The first-order valence-electron chi connectivity index (χ1n) is 9.09. The molecule has 23 heavy (non-hydrogen) atoms. The molecule has 0 atom stereocenters. The fourth-order valence-corrected chi connectivity index (χ4v) is 3.15. The van der Waals surface area contributed by atoms with Gasteiger partial charge in [0.15, 0.2) is 0 Å². The highest BCUT2D eigenvalue weighted by molar-refractivity contribution is 5.90. The molecule has 0 aliphatic heterocycles. The van der Waals surface area contributed by atoms with Crippen LogP contribution in [-0.4, -0.2) is 18.5 Å². The number of rotatable bonds is 5. The third-order valence-corrected chi connectivity index (χ3v) is 4.67. The van der Waals surface area contributed by atoms with E-state index in [4.69, 9.17) is 0 Å². The average Bonchev–Trinajstić information content (AvgIpc) is 2.75. The average molecular weight is 316 g/mol. The van der Waals surface area contributed by atoms with E-state index in [1.54, 1.807) is 0 Å². The standard InChI is InChI=1S/C20H32N2O/c1-20(2,3)16-10-12-18(13-11-16)22-19(23)14-15-21-17-8-6-4-5-7-9-17/h10-13,17,21H,4-9,14-15H2,1-3H3,(H,22,23). The molecule has 0 bridgehead atoms. The van der Waals surface area contributed by atoms with E-state index < -0.39 is 0 Å². The Morgan fingerprint density at radius 2 is 1.65 bits per heavy atom. The maximum Gasteiger partial charge on any atom is 0.225 e. The molecule has 1 aliphatic carbocycles. The van der Waals surface area contributed by atoms with Crippen molar-refractivity contribution in [1.29, 1.82) is 0 Å². The van der Waals surface area contributed by atoms with Gasteiger partial charge in [-0.15, -0.1) is 0 Å². The van der Waals surface area contributed by atoms with Crippen LogP contribution >= 0.6 is 0 Å². The van der Waals surface area contributed by atoms with Gasteiger partial charge in [-0.25, -0.2) is 0 Å². The van der Waals surface area contributed by atoms with E-state index in [0.29, 0.717) is 12.5 Å². The summed E-state index contributed by atoms with van der Waals surface area (Å²) in [6.07, 6.45) is 8.43. The van der Waals surface area contributed by atoms with Crippen LogP contribution in [0.25, 0.3) is 0 Å². The molecule has 1 aromatic carbocycles. The van der Waals surface area contributed by atoms with Gasteiger partial charge in [-0.05, 0) is 36.0 Å². The molecule has 0 radical (unpaired) electrons. The highest BCUT2D eigenvalue weighted by atomic mass is 16.1. The molecule has 128 valence electrons. The molecule has 1 amide bonds. The van der Waals surface area contributed by atoms with Crippen LogP contribution in [0, 0.1) is 0 Å². The van der Waals surface area contributed by atoms with Crippen LogP contribution in [-0.2, 0) is 10.2 Å². The van der Waals surface area contributed by atoms with Crippen LogP contribution in [0.1, 0.15) is 71.3 Å². The summed E-state index contributed by atoms with van der Waals surface area (Å²) in [4.78, 5) is 12.1. The van der Waals surface area contributed by atoms with E-state index in [-0.39, 0.29) is 11.3 Å². The van der Waals surface area contributed by atoms with Gasteiger partial charge in [-0.2, -0.15) is 0 Å². The van der Waals surface area contributed by atoms with Gasteiger partial charge in [0.2, 0.25) is 5.91 Å². The van der Waals surface area contributed by atoms with Crippen LogP contribution in [0.5, 0.6) is 0 Å². The first kappa shape index (κ1) is 18.0. The van der Waals surface area contributed by atoms with Crippen molar-refractivity contribution in [2.24, 2.45) is 0 Å². The molecular weight excluding hydrogens is 284 g/mol. The first-order chi connectivity index (χ1) is 10.9. The molecule has 1 aromatic rings. The van der Waals surface area contributed by atoms with Crippen LogP contribution in [0.2, 0.25) is 0 Å². The lowest BCUT2D eigenvalue weighted by Gasteiger charge is -2.19. The lowest BCUT2D eigenvalue weighted by molar-refractivity contribution is -0.116. The first-order valence-corrected chi connectivity index (χ1v) is 9.09. The van der Waals surface area contributed by atoms with Crippen molar-refractivity contribution >= 4 is 11.6 Å². The number of anilines is 1. The van der Waals surface area contributed by atoms with Gasteiger partial charge in [-0.1, -0.05) is 58.6 Å². The van der Waals surface area contributed by atoms with Crippen LogP contribution in [0.4, 0.5) is 5.69 Å². The normalized spacial score (nSPS) is 16.8. The number of nitrogens with one attached hydrogen (secondary N) is 2. The third kappa shape index (κ3) is 6.34. The Balaban J connectivity index is 1.72. The summed E-state index contributed by atoms with van der Waals surface area (Å²) in [5.74, 6) is 0.0923. The number of carbonyl (C=O) groups excluding carboxylic acids is 1. The predicted molar refractivity (Wildman–Crippen MR) is 97.9 cm³/mol. The van der Waals surface area contributed by atoms with Gasteiger partial charge >= 0.3 is 0 Å². The highest BCUT2D eigenvalue weighted by Crippen LogP contribution is 2.23. The molecule has 3 nitrogen and oxygen atoms in total. The molecule has 0 unspecified atom stereocenters. The second-order valence-corrected chi connectivity index (χ2v) is 7.77. The van der Waals surface area contributed by atoms with Gasteiger partial charge in [0.05, 0.1) is 0 Å². The summed E-state index contributed by atoms with van der Waals surface area (Å²) >= 11 is 0. The number of hydrogen-bond donors (Lipinski definition) is 2. The highest BCUT2D eigenvalue weighted by Gasteiger charge is 2.14. The fraction of sp³-hybridized carbons (Fsp3) is 0.650. The lowest BCUT2D eigenvalue weighted by Crippen LogP contribution is -2.31. The number of carbonyl (C=O) groups is 1. The minimum Gasteiger partial charge on any atom is -0.326 e. The van der Waals surface area contributed by atoms with Gasteiger partial charge in [-0.3, -0.25) is 4.79 Å². The Labute approximate surface area is 141 Å². The van der Waals surface area contributed by atoms with Gasteiger partial charge in [0.25, 0.3) is 0 Å². The molecule has 2 N–H and O–H groups in total. The summed E-state index contributed by atoms with van der Waals surface area (Å²) in [6.45, 7) is 7.36. The van der Waals surface area contributed by atoms with E-state index in [0.717, 1.165) is 12.2 Å². The lowest BCUT2D eigenvalue weighted by atomic mass is 9.87. The molecule has 0 aromatic heterocycles. The summed E-state index contributed by atoms with van der Waals surface area (Å²) in [6, 6.07) is 8.80. The molecule has 0 spiro atoms. The minimum atomic E-state index is 0.0923. The van der Waals surface area contributed by atoms with Crippen molar-refractivity contribution in [3.63, 3.8) is 0 Å². The summed E-state index contributed by atoms with van der Waals surface area (Å²) in [5, 5.41) is 6.54. The van der Waals surface area contributed by atoms with E-state index in [1.165, 1.54) is 44.1 Å². The number of benzene rings is 1. The Hall–Kier alpha value is -1.35. The van der Waals surface area contributed by atoms with Crippen molar-refractivity contribution in [3.05, 3.63) is 29.8 Å². The quantitative estimate of drug-likeness (QED) is 0.778. The number of hydrogen-bond acceptors (Lipinski definition) is 2. The van der Waals surface area contributed by atoms with Gasteiger partial charge < -0.3 is 10.6 Å². The zero-order chi connectivity index (χ0) is 16.7. The van der Waals surface area contributed by atoms with Crippen molar-refractivity contribution in [3.8, 4) is 0 Å². The topological polar surface area (TPSA) is 41.1 Å². The van der Waals surface area contributed by atoms with Crippen LogP contribution in [0.15, 0.2) is 24.3 Å². The van der Waals surface area contributed by atoms with Crippen LogP contribution in [0.3, 0.4) is 0 Å². The zero-order valence-electron chi connectivity index (χ0n) is 15.0. The molecular formula is C20H32N2O. The molecule has 1 saturated carbocycles. The van der Waals surface area contributed by atoms with Gasteiger partial charge in [0, 0.05) is 24.7 Å². The smallest absolute Gasteiger partial charge is 0.225 e. The Morgan fingerprint density at radius 1 is 1.04 bits per heavy atom.